The van der Waals surface area contributed by atoms with Crippen molar-refractivity contribution in [2.24, 2.45) is 0 Å². The highest BCUT2D eigenvalue weighted by Gasteiger charge is 2.21. The first-order valence-electron chi connectivity index (χ1n) is 7.55. The zero-order chi connectivity index (χ0) is 15.4. The normalized spacial score (nSPS) is 18.4. The lowest BCUT2D eigenvalue weighted by atomic mass is 10.2. The smallest absolute Gasteiger partial charge is 0.191 e. The van der Waals surface area contributed by atoms with Crippen LogP contribution in [0.3, 0.4) is 0 Å². The van der Waals surface area contributed by atoms with Crippen molar-refractivity contribution in [3.05, 3.63) is 28.2 Å². The van der Waals surface area contributed by atoms with Crippen molar-refractivity contribution in [3.8, 4) is 0 Å². The van der Waals surface area contributed by atoms with Crippen LogP contribution in [0, 0.1) is 0 Å². The van der Waals surface area contributed by atoms with Crippen molar-refractivity contribution in [1.82, 2.24) is 19.7 Å². The first kappa shape index (κ1) is 16.0. The minimum atomic E-state index is 0.309. The van der Waals surface area contributed by atoms with Gasteiger partial charge in [-0.1, -0.05) is 17.8 Å². The summed E-state index contributed by atoms with van der Waals surface area (Å²) in [6.45, 7) is 3.50. The number of hydrogen-bond donors (Lipinski definition) is 0. The summed E-state index contributed by atoms with van der Waals surface area (Å²) >= 11 is 3.44. The van der Waals surface area contributed by atoms with E-state index in [1.807, 2.05) is 0 Å². The summed E-state index contributed by atoms with van der Waals surface area (Å²) in [5.74, 6) is 1.03. The summed E-state index contributed by atoms with van der Waals surface area (Å²) in [5.41, 5.74) is 0. The van der Waals surface area contributed by atoms with Gasteiger partial charge in [0, 0.05) is 18.0 Å². The Kier molecular flexibility index (Phi) is 5.51. The molecule has 0 spiro atoms. The van der Waals surface area contributed by atoms with Crippen molar-refractivity contribution in [2.75, 3.05) is 19.9 Å². The molecule has 1 saturated heterocycles. The van der Waals surface area contributed by atoms with E-state index in [1.54, 1.807) is 23.1 Å². The van der Waals surface area contributed by atoms with Gasteiger partial charge in [0.2, 0.25) is 0 Å². The van der Waals surface area contributed by atoms with Crippen LogP contribution in [-0.2, 0) is 24.4 Å². The van der Waals surface area contributed by atoms with Gasteiger partial charge in [-0.05, 0) is 37.6 Å². The van der Waals surface area contributed by atoms with E-state index in [4.69, 9.17) is 4.74 Å². The average Bonchev–Trinajstić information content (AvgIpc) is 3.23. The van der Waals surface area contributed by atoms with Gasteiger partial charge in [-0.2, -0.15) is 0 Å². The molecular weight excluding hydrogens is 316 g/mol. The Labute approximate surface area is 139 Å². The maximum Gasteiger partial charge on any atom is 0.191 e. The molecule has 0 aliphatic carbocycles. The zero-order valence-corrected chi connectivity index (χ0v) is 14.7. The molecule has 22 heavy (non-hydrogen) atoms. The number of hydrogen-bond acceptors (Lipinski definition) is 6. The summed E-state index contributed by atoms with van der Waals surface area (Å²) in [6, 6.07) is 4.27. The predicted octanol–water partition coefficient (Wildman–Crippen LogP) is 2.87. The van der Waals surface area contributed by atoms with Gasteiger partial charge in [0.05, 0.1) is 19.2 Å². The zero-order valence-electron chi connectivity index (χ0n) is 13.1. The molecule has 0 saturated carbocycles. The molecule has 1 atom stereocenters. The fourth-order valence-electron chi connectivity index (χ4n) is 2.73. The predicted molar refractivity (Wildman–Crippen MR) is 90.3 cm³/mol. The van der Waals surface area contributed by atoms with Gasteiger partial charge < -0.3 is 9.30 Å². The molecule has 5 nitrogen and oxygen atoms in total. The Morgan fingerprint density at radius 2 is 2.36 bits per heavy atom. The number of nitrogens with zero attached hydrogens (tertiary/aromatic N) is 4. The molecule has 2 aromatic heterocycles. The van der Waals surface area contributed by atoms with E-state index in [0.29, 0.717) is 6.10 Å². The van der Waals surface area contributed by atoms with Crippen molar-refractivity contribution >= 4 is 23.1 Å². The standard InChI is InChI=1S/C15H22N4OS2/c1-18(10-13-6-4-8-22-13)11-14-16-17-15(21-2)19(14)9-12-5-3-7-20-12/h4,6,8,12H,3,5,7,9-11H2,1-2H3/t12-/m0/s1. The van der Waals surface area contributed by atoms with E-state index in [0.717, 1.165) is 50.1 Å². The highest BCUT2D eigenvalue weighted by Crippen LogP contribution is 2.21. The van der Waals surface area contributed by atoms with Crippen molar-refractivity contribution in [1.29, 1.82) is 0 Å². The Hall–Kier alpha value is -0.890. The van der Waals surface area contributed by atoms with E-state index in [-0.39, 0.29) is 0 Å². The molecule has 7 heteroatoms. The third-order valence-corrected chi connectivity index (χ3v) is 5.33. The lowest BCUT2D eigenvalue weighted by Crippen LogP contribution is -2.23. The summed E-state index contributed by atoms with van der Waals surface area (Å²) in [7, 11) is 2.13. The lowest BCUT2D eigenvalue weighted by molar-refractivity contribution is 0.0934. The van der Waals surface area contributed by atoms with E-state index in [9.17, 15) is 0 Å². The number of thioether (sulfide) groups is 1. The van der Waals surface area contributed by atoms with Crippen LogP contribution < -0.4 is 0 Å². The molecule has 1 aliphatic rings. The molecule has 2 aromatic rings. The summed E-state index contributed by atoms with van der Waals surface area (Å²) in [5, 5.41) is 11.8. The van der Waals surface area contributed by atoms with Crippen LogP contribution >= 0.6 is 23.1 Å². The first-order chi connectivity index (χ1) is 10.8. The Balaban J connectivity index is 1.67. The van der Waals surface area contributed by atoms with Gasteiger partial charge >= 0.3 is 0 Å². The molecule has 3 heterocycles. The SMILES string of the molecule is CSc1nnc(CN(C)Cc2cccs2)n1C[C@@H]1CCCO1. The van der Waals surface area contributed by atoms with Crippen LogP contribution in [0.1, 0.15) is 23.5 Å². The maximum absolute atomic E-state index is 5.77. The van der Waals surface area contributed by atoms with Crippen molar-refractivity contribution in [2.45, 2.75) is 43.7 Å². The molecule has 0 N–H and O–H groups in total. The van der Waals surface area contributed by atoms with E-state index < -0.39 is 0 Å². The fourth-order valence-corrected chi connectivity index (χ4v) is 4.03. The summed E-state index contributed by atoms with van der Waals surface area (Å²) in [4.78, 5) is 3.66. The van der Waals surface area contributed by atoms with Gasteiger partial charge in [-0.15, -0.1) is 21.5 Å². The van der Waals surface area contributed by atoms with Gasteiger partial charge in [0.25, 0.3) is 0 Å². The first-order valence-corrected chi connectivity index (χ1v) is 9.65. The lowest BCUT2D eigenvalue weighted by Gasteiger charge is -2.18. The van der Waals surface area contributed by atoms with Crippen LogP contribution in [0.2, 0.25) is 0 Å². The monoisotopic (exact) mass is 338 g/mol. The molecule has 1 fully saturated rings. The van der Waals surface area contributed by atoms with E-state index in [1.165, 1.54) is 4.88 Å². The second-order valence-electron chi connectivity index (χ2n) is 5.60. The molecule has 120 valence electrons. The van der Waals surface area contributed by atoms with Crippen LogP contribution in [0.25, 0.3) is 0 Å². The highest BCUT2D eigenvalue weighted by molar-refractivity contribution is 7.98. The Morgan fingerprint density at radius 1 is 1.45 bits per heavy atom. The molecular formula is C15H22N4OS2. The molecule has 0 bridgehead atoms. The number of aromatic nitrogens is 3. The molecule has 0 aromatic carbocycles. The van der Waals surface area contributed by atoms with Crippen LogP contribution in [0.5, 0.6) is 0 Å². The van der Waals surface area contributed by atoms with Crippen molar-refractivity contribution < 1.29 is 4.74 Å². The van der Waals surface area contributed by atoms with E-state index in [2.05, 4.69) is 50.5 Å². The Bertz CT molecular complexity index is 578. The number of ether oxygens (including phenoxy) is 1. The average molecular weight is 339 g/mol. The van der Waals surface area contributed by atoms with Gasteiger partial charge in [-0.3, -0.25) is 4.90 Å². The largest absolute Gasteiger partial charge is 0.376 e. The summed E-state index contributed by atoms with van der Waals surface area (Å²) in [6.07, 6.45) is 4.66. The molecule has 0 unspecified atom stereocenters. The number of rotatable bonds is 7. The van der Waals surface area contributed by atoms with Gasteiger partial charge in [-0.25, -0.2) is 0 Å². The third kappa shape index (κ3) is 3.90. The molecule has 3 rings (SSSR count). The Morgan fingerprint density at radius 3 is 3.05 bits per heavy atom. The fraction of sp³-hybridized carbons (Fsp3) is 0.600. The quantitative estimate of drug-likeness (QED) is 0.726. The van der Waals surface area contributed by atoms with E-state index >= 15 is 0 Å². The number of thiophene rings is 1. The van der Waals surface area contributed by atoms with Crippen LogP contribution in [0.4, 0.5) is 0 Å². The van der Waals surface area contributed by atoms with Gasteiger partial charge in [0.1, 0.15) is 5.82 Å². The second kappa shape index (κ2) is 7.59. The minimum absolute atomic E-state index is 0.309. The minimum Gasteiger partial charge on any atom is -0.376 e. The molecule has 0 radical (unpaired) electrons. The maximum atomic E-state index is 5.77. The third-order valence-electron chi connectivity index (χ3n) is 3.80. The van der Waals surface area contributed by atoms with Crippen molar-refractivity contribution in [3.63, 3.8) is 0 Å². The molecule has 1 aliphatic heterocycles. The highest BCUT2D eigenvalue weighted by atomic mass is 32.2. The van der Waals surface area contributed by atoms with Gasteiger partial charge in [0.15, 0.2) is 5.16 Å². The second-order valence-corrected chi connectivity index (χ2v) is 7.41. The van der Waals surface area contributed by atoms with Crippen LogP contribution in [-0.4, -0.2) is 45.7 Å². The topological polar surface area (TPSA) is 43.2 Å². The summed E-state index contributed by atoms with van der Waals surface area (Å²) < 4.78 is 8.00. The molecule has 0 amide bonds. The van der Waals surface area contributed by atoms with Crippen LogP contribution in [0.15, 0.2) is 22.7 Å².